The molecule has 0 bridgehead atoms. The van der Waals surface area contributed by atoms with E-state index >= 15 is 0 Å². The van der Waals surface area contributed by atoms with Crippen LogP contribution in [0.2, 0.25) is 0 Å². The molecule has 1 aliphatic rings. The largest absolute Gasteiger partial charge is 0.399 e. The number of nitrogens with one attached hydrogen (secondary N) is 1. The van der Waals surface area contributed by atoms with Crippen LogP contribution in [0.5, 0.6) is 0 Å². The number of aromatic nitrogens is 2. The van der Waals surface area contributed by atoms with Crippen LogP contribution in [0.3, 0.4) is 0 Å². The van der Waals surface area contributed by atoms with Crippen LogP contribution in [-0.4, -0.2) is 28.6 Å². The van der Waals surface area contributed by atoms with Crippen molar-refractivity contribution < 1.29 is 9.59 Å². The molecule has 1 heterocycles. The van der Waals surface area contributed by atoms with Gasteiger partial charge in [0, 0.05) is 29.9 Å². The molecule has 0 saturated heterocycles. The minimum atomic E-state index is -0.544. The maximum atomic E-state index is 12.0. The van der Waals surface area contributed by atoms with E-state index in [1.807, 2.05) is 42.5 Å². The molecule has 1 aliphatic carbocycles. The molecule has 0 spiro atoms. The Morgan fingerprint density at radius 1 is 1.14 bits per heavy atom. The number of carbonyl (C=O) groups is 2. The normalized spacial score (nSPS) is 12.4. The summed E-state index contributed by atoms with van der Waals surface area (Å²) in [6.45, 7) is 0. The fourth-order valence-electron chi connectivity index (χ4n) is 3.62. The Bertz CT molecular complexity index is 1140. The van der Waals surface area contributed by atoms with Crippen molar-refractivity contribution in [2.75, 3.05) is 12.8 Å². The molecule has 4 rings (SSSR count). The van der Waals surface area contributed by atoms with Gasteiger partial charge in [0.25, 0.3) is 5.91 Å². The maximum absolute atomic E-state index is 12.0. The molecule has 3 aromatic rings. The van der Waals surface area contributed by atoms with E-state index in [4.69, 9.17) is 11.5 Å². The van der Waals surface area contributed by atoms with Gasteiger partial charge in [0.05, 0.1) is 11.4 Å². The minimum absolute atomic E-state index is 0.171. The number of hydrogen-bond donors (Lipinski definition) is 3. The minimum Gasteiger partial charge on any atom is -0.399 e. The lowest BCUT2D eigenvalue weighted by Crippen LogP contribution is -2.15. The molecule has 0 unspecified atom stereocenters. The molecule has 1 aromatic heterocycles. The number of nitrogen functional groups attached to an aromatic ring is 1. The van der Waals surface area contributed by atoms with Gasteiger partial charge in [0.2, 0.25) is 5.91 Å². The van der Waals surface area contributed by atoms with E-state index in [9.17, 15) is 9.59 Å². The zero-order chi connectivity index (χ0) is 20.5. The third-order valence-electron chi connectivity index (χ3n) is 5.06. The lowest BCUT2D eigenvalue weighted by atomic mass is 9.88. The van der Waals surface area contributed by atoms with E-state index in [0.29, 0.717) is 12.1 Å². The SMILES string of the molecule is CNC(=O)/C=C/c1ccc(-n2nc(C(N)=O)c3c2-c2cc(N)ccc2CC3)cc1. The standard InChI is InChI=1S/C22H21N5O2/c1-25-19(28)11-4-13-2-8-16(9-3-13)27-21-17(20(26-27)22(24)29)10-6-14-5-7-15(23)12-18(14)21/h2-5,7-9,11-12H,6,10,23H2,1H3,(H2,24,29)(H,25,28)/b11-4+. The highest BCUT2D eigenvalue weighted by Crippen LogP contribution is 2.37. The fraction of sp³-hybridized carbons (Fsp3) is 0.136. The first-order chi connectivity index (χ1) is 14.0. The Morgan fingerprint density at radius 3 is 2.59 bits per heavy atom. The van der Waals surface area contributed by atoms with Gasteiger partial charge in [0.1, 0.15) is 0 Å². The third-order valence-corrected chi connectivity index (χ3v) is 5.06. The number of amides is 2. The van der Waals surface area contributed by atoms with Gasteiger partial charge < -0.3 is 16.8 Å². The van der Waals surface area contributed by atoms with Crippen LogP contribution in [0, 0.1) is 0 Å². The second-order valence-corrected chi connectivity index (χ2v) is 6.91. The monoisotopic (exact) mass is 387 g/mol. The van der Waals surface area contributed by atoms with E-state index in [1.165, 1.54) is 6.08 Å². The Hall–Kier alpha value is -3.87. The highest BCUT2D eigenvalue weighted by molar-refractivity contribution is 5.95. The zero-order valence-electron chi connectivity index (χ0n) is 16.0. The summed E-state index contributed by atoms with van der Waals surface area (Å²) in [7, 11) is 1.58. The van der Waals surface area contributed by atoms with E-state index < -0.39 is 5.91 Å². The Labute approximate surface area is 168 Å². The first kappa shape index (κ1) is 18.5. The van der Waals surface area contributed by atoms with Gasteiger partial charge in [-0.15, -0.1) is 0 Å². The van der Waals surface area contributed by atoms with Crippen LogP contribution < -0.4 is 16.8 Å². The molecule has 0 fully saturated rings. The number of fused-ring (bicyclic) bond motifs is 3. The van der Waals surface area contributed by atoms with Crippen molar-refractivity contribution >= 4 is 23.6 Å². The molecule has 7 heteroatoms. The number of carbonyl (C=O) groups excluding carboxylic acids is 2. The van der Waals surface area contributed by atoms with Crippen molar-refractivity contribution in [3.05, 3.63) is 70.9 Å². The smallest absolute Gasteiger partial charge is 0.269 e. The summed E-state index contributed by atoms with van der Waals surface area (Å²) < 4.78 is 1.75. The lowest BCUT2D eigenvalue weighted by molar-refractivity contribution is -0.115. The molecule has 5 N–H and O–H groups in total. The summed E-state index contributed by atoms with van der Waals surface area (Å²) in [6.07, 6.45) is 4.69. The van der Waals surface area contributed by atoms with Gasteiger partial charge in [-0.3, -0.25) is 9.59 Å². The van der Waals surface area contributed by atoms with Crippen LogP contribution >= 0.6 is 0 Å². The van der Waals surface area contributed by atoms with Gasteiger partial charge >= 0.3 is 0 Å². The second kappa shape index (κ2) is 7.27. The van der Waals surface area contributed by atoms with Crippen molar-refractivity contribution in [3.63, 3.8) is 0 Å². The van der Waals surface area contributed by atoms with Crippen LogP contribution in [0.15, 0.2) is 48.5 Å². The van der Waals surface area contributed by atoms with Gasteiger partial charge in [0.15, 0.2) is 5.69 Å². The van der Waals surface area contributed by atoms with Crippen LogP contribution in [0.1, 0.15) is 27.2 Å². The van der Waals surface area contributed by atoms with Crippen LogP contribution in [0.4, 0.5) is 5.69 Å². The third kappa shape index (κ3) is 3.38. The summed E-state index contributed by atoms with van der Waals surface area (Å²) in [5.74, 6) is -0.715. The molecule has 7 nitrogen and oxygen atoms in total. The Kier molecular flexibility index (Phi) is 4.64. The van der Waals surface area contributed by atoms with E-state index in [-0.39, 0.29) is 11.6 Å². The molecule has 29 heavy (non-hydrogen) atoms. The van der Waals surface area contributed by atoms with E-state index in [1.54, 1.807) is 17.8 Å². The van der Waals surface area contributed by atoms with Gasteiger partial charge in [-0.25, -0.2) is 4.68 Å². The quantitative estimate of drug-likeness (QED) is 0.469. The molecule has 0 atom stereocenters. The Morgan fingerprint density at radius 2 is 1.90 bits per heavy atom. The predicted molar refractivity (Wildman–Crippen MR) is 112 cm³/mol. The number of nitrogens with zero attached hydrogens (tertiary/aromatic N) is 2. The molecule has 2 amide bonds. The maximum Gasteiger partial charge on any atom is 0.269 e. The highest BCUT2D eigenvalue weighted by atomic mass is 16.1. The summed E-state index contributed by atoms with van der Waals surface area (Å²) in [5.41, 5.74) is 18.0. The Balaban J connectivity index is 1.82. The summed E-state index contributed by atoms with van der Waals surface area (Å²) in [6, 6.07) is 13.4. The van der Waals surface area contributed by atoms with Crippen LogP contribution in [0.25, 0.3) is 23.0 Å². The summed E-state index contributed by atoms with van der Waals surface area (Å²) in [4.78, 5) is 23.4. The number of anilines is 1. The predicted octanol–water partition coefficient (Wildman–Crippen LogP) is 2.08. The van der Waals surface area contributed by atoms with E-state index in [0.717, 1.165) is 40.1 Å². The molecular formula is C22H21N5O2. The number of primary amides is 1. The van der Waals surface area contributed by atoms with Gasteiger partial charge in [-0.1, -0.05) is 18.2 Å². The molecule has 0 radical (unpaired) electrons. The molecular weight excluding hydrogens is 366 g/mol. The number of hydrogen-bond acceptors (Lipinski definition) is 4. The number of aryl methyl sites for hydroxylation is 1. The summed E-state index contributed by atoms with van der Waals surface area (Å²) >= 11 is 0. The highest BCUT2D eigenvalue weighted by Gasteiger charge is 2.28. The first-order valence-corrected chi connectivity index (χ1v) is 9.28. The van der Waals surface area contributed by atoms with Gasteiger partial charge in [-0.2, -0.15) is 5.10 Å². The number of benzene rings is 2. The average Bonchev–Trinajstić information content (AvgIpc) is 3.13. The summed E-state index contributed by atoms with van der Waals surface area (Å²) in [5, 5.41) is 7.07. The number of likely N-dealkylation sites (N-methyl/N-ethyl adjacent to an activating group) is 1. The molecule has 2 aromatic carbocycles. The average molecular weight is 387 g/mol. The number of nitrogens with two attached hydrogens (primary N) is 2. The topological polar surface area (TPSA) is 116 Å². The van der Waals surface area contributed by atoms with Crippen molar-refractivity contribution in [2.45, 2.75) is 12.8 Å². The van der Waals surface area contributed by atoms with Gasteiger partial charge in [-0.05, 0) is 54.3 Å². The zero-order valence-corrected chi connectivity index (χ0v) is 16.0. The van der Waals surface area contributed by atoms with Crippen molar-refractivity contribution in [1.29, 1.82) is 0 Å². The molecule has 0 aliphatic heterocycles. The second-order valence-electron chi connectivity index (χ2n) is 6.91. The first-order valence-electron chi connectivity index (χ1n) is 9.28. The van der Waals surface area contributed by atoms with Crippen molar-refractivity contribution in [3.8, 4) is 16.9 Å². The van der Waals surface area contributed by atoms with E-state index in [2.05, 4.69) is 10.4 Å². The number of rotatable bonds is 4. The van der Waals surface area contributed by atoms with Crippen molar-refractivity contribution in [1.82, 2.24) is 15.1 Å². The fourth-order valence-corrected chi connectivity index (χ4v) is 3.62. The lowest BCUT2D eigenvalue weighted by Gasteiger charge is -2.19. The molecule has 0 saturated carbocycles. The van der Waals surface area contributed by atoms with Crippen molar-refractivity contribution in [2.24, 2.45) is 5.73 Å². The molecule has 146 valence electrons. The van der Waals surface area contributed by atoms with Crippen LogP contribution in [-0.2, 0) is 17.6 Å².